The summed E-state index contributed by atoms with van der Waals surface area (Å²) in [6.45, 7) is 3.09. The van der Waals surface area contributed by atoms with Gasteiger partial charge in [0.2, 0.25) is 11.9 Å². The summed E-state index contributed by atoms with van der Waals surface area (Å²) in [5.41, 5.74) is 5.79. The van der Waals surface area contributed by atoms with Crippen molar-refractivity contribution in [1.82, 2.24) is 14.9 Å². The molecular weight excluding hydrogens is 242 g/mol. The van der Waals surface area contributed by atoms with Gasteiger partial charge in [-0.3, -0.25) is 15.0 Å². The average molecular weight is 263 g/mol. The highest BCUT2D eigenvalue weighted by Gasteiger charge is 2.28. The van der Waals surface area contributed by atoms with Crippen LogP contribution in [0.25, 0.3) is 0 Å². The highest BCUT2D eigenvalue weighted by atomic mass is 16.2. The van der Waals surface area contributed by atoms with E-state index in [9.17, 15) is 4.79 Å². The zero-order valence-electron chi connectivity index (χ0n) is 11.2. The number of hydrogen-bond acceptors (Lipinski definition) is 5. The lowest BCUT2D eigenvalue weighted by Gasteiger charge is -2.39. The van der Waals surface area contributed by atoms with Crippen molar-refractivity contribution in [1.29, 1.82) is 0 Å². The summed E-state index contributed by atoms with van der Waals surface area (Å²) < 4.78 is 0. The summed E-state index contributed by atoms with van der Waals surface area (Å²) in [6.07, 6.45) is 6.58. The van der Waals surface area contributed by atoms with Crippen molar-refractivity contribution in [2.75, 3.05) is 18.4 Å². The largest absolute Gasteiger partial charge is 0.329 e. The van der Waals surface area contributed by atoms with Gasteiger partial charge in [0.1, 0.15) is 0 Å². The molecule has 2 rings (SSSR count). The van der Waals surface area contributed by atoms with Gasteiger partial charge in [-0.15, -0.1) is 0 Å². The molecular formula is C13H21N5O. The van der Waals surface area contributed by atoms with Gasteiger partial charge in [-0.25, -0.2) is 9.97 Å². The summed E-state index contributed by atoms with van der Waals surface area (Å²) in [7, 11) is 0. The third kappa shape index (κ3) is 3.71. The Hall–Kier alpha value is -1.53. The van der Waals surface area contributed by atoms with Crippen LogP contribution in [0.5, 0.6) is 0 Å². The Labute approximate surface area is 113 Å². The van der Waals surface area contributed by atoms with Gasteiger partial charge in [-0.05, 0) is 25.8 Å². The van der Waals surface area contributed by atoms with Crippen LogP contribution < -0.4 is 11.1 Å². The van der Waals surface area contributed by atoms with E-state index in [4.69, 9.17) is 5.73 Å². The molecule has 0 aliphatic carbocycles. The molecule has 0 spiro atoms. The first-order valence-corrected chi connectivity index (χ1v) is 6.73. The van der Waals surface area contributed by atoms with E-state index < -0.39 is 0 Å². The fourth-order valence-corrected chi connectivity index (χ4v) is 2.57. The summed E-state index contributed by atoms with van der Waals surface area (Å²) >= 11 is 0. The summed E-state index contributed by atoms with van der Waals surface area (Å²) in [4.78, 5) is 22.2. The van der Waals surface area contributed by atoms with Crippen LogP contribution in [0.15, 0.2) is 18.5 Å². The van der Waals surface area contributed by atoms with Gasteiger partial charge in [0.25, 0.3) is 0 Å². The molecule has 104 valence electrons. The minimum Gasteiger partial charge on any atom is -0.329 e. The molecule has 3 N–H and O–H groups in total. The Morgan fingerprint density at radius 1 is 1.47 bits per heavy atom. The van der Waals surface area contributed by atoms with Crippen LogP contribution in [0.4, 0.5) is 5.95 Å². The van der Waals surface area contributed by atoms with E-state index in [0.29, 0.717) is 31.1 Å². The Balaban J connectivity index is 1.93. The molecule has 1 saturated heterocycles. The molecule has 1 aliphatic heterocycles. The van der Waals surface area contributed by atoms with Crippen LogP contribution in [0.2, 0.25) is 0 Å². The number of piperidine rings is 1. The number of likely N-dealkylation sites (tertiary alicyclic amines) is 1. The molecule has 1 fully saturated rings. The third-order valence-corrected chi connectivity index (χ3v) is 3.61. The van der Waals surface area contributed by atoms with E-state index >= 15 is 0 Å². The zero-order chi connectivity index (χ0) is 13.7. The van der Waals surface area contributed by atoms with E-state index in [0.717, 1.165) is 12.8 Å². The van der Waals surface area contributed by atoms with Gasteiger partial charge in [0.15, 0.2) is 0 Å². The number of carbonyl (C=O) groups is 1. The van der Waals surface area contributed by atoms with Crippen molar-refractivity contribution in [2.24, 2.45) is 5.73 Å². The van der Waals surface area contributed by atoms with Crippen molar-refractivity contribution in [3.8, 4) is 0 Å². The number of hydrogen-bond donors (Lipinski definition) is 2. The number of amides is 1. The molecule has 2 unspecified atom stereocenters. The van der Waals surface area contributed by atoms with E-state index in [1.807, 2.05) is 0 Å². The van der Waals surface area contributed by atoms with Crippen LogP contribution in [0.1, 0.15) is 26.2 Å². The molecule has 6 heteroatoms. The minimum absolute atomic E-state index is 0.0848. The highest BCUT2D eigenvalue weighted by Crippen LogP contribution is 2.21. The molecule has 19 heavy (non-hydrogen) atoms. The van der Waals surface area contributed by atoms with E-state index in [1.165, 1.54) is 6.42 Å². The second kappa shape index (κ2) is 6.58. The predicted molar refractivity (Wildman–Crippen MR) is 73.5 cm³/mol. The summed E-state index contributed by atoms with van der Waals surface area (Å²) in [6, 6.07) is 2.41. The molecule has 1 amide bonds. The maximum atomic E-state index is 12.0. The second-order valence-corrected chi connectivity index (χ2v) is 4.96. The number of nitrogens with zero attached hydrogens (tertiary/aromatic N) is 3. The van der Waals surface area contributed by atoms with Crippen LogP contribution in [0, 0.1) is 0 Å². The van der Waals surface area contributed by atoms with Crippen molar-refractivity contribution in [3.05, 3.63) is 18.5 Å². The standard InChI is InChI=1S/C13H21N5O/c1-10-4-2-5-11(8-14)18(10)9-12(19)17-13-15-6-3-7-16-13/h3,6-7,10-11H,2,4-5,8-9,14H2,1H3,(H,15,16,17,19). The molecule has 6 nitrogen and oxygen atoms in total. The average Bonchev–Trinajstić information content (AvgIpc) is 2.42. The van der Waals surface area contributed by atoms with Crippen LogP contribution in [-0.2, 0) is 4.79 Å². The zero-order valence-corrected chi connectivity index (χ0v) is 11.2. The first-order chi connectivity index (χ1) is 9.20. The summed E-state index contributed by atoms with van der Waals surface area (Å²) in [5.74, 6) is 0.264. The van der Waals surface area contributed by atoms with Gasteiger partial charge in [0.05, 0.1) is 6.54 Å². The quantitative estimate of drug-likeness (QED) is 0.831. The predicted octanol–water partition coefficient (Wildman–Crippen LogP) is 0.617. The monoisotopic (exact) mass is 263 g/mol. The van der Waals surface area contributed by atoms with Crippen LogP contribution >= 0.6 is 0 Å². The number of anilines is 1. The van der Waals surface area contributed by atoms with Gasteiger partial charge < -0.3 is 5.73 Å². The number of aromatic nitrogens is 2. The number of rotatable bonds is 4. The Bertz CT molecular complexity index is 411. The Morgan fingerprint density at radius 2 is 2.21 bits per heavy atom. The fourth-order valence-electron chi connectivity index (χ4n) is 2.57. The van der Waals surface area contributed by atoms with Crippen molar-refractivity contribution in [3.63, 3.8) is 0 Å². The molecule has 1 aromatic rings. The molecule has 0 radical (unpaired) electrons. The van der Waals surface area contributed by atoms with Crippen molar-refractivity contribution < 1.29 is 4.79 Å². The molecule has 1 aromatic heterocycles. The summed E-state index contributed by atoms with van der Waals surface area (Å²) in [5, 5.41) is 2.71. The van der Waals surface area contributed by atoms with E-state index in [-0.39, 0.29) is 5.91 Å². The number of nitrogens with one attached hydrogen (secondary N) is 1. The van der Waals surface area contributed by atoms with Gasteiger partial charge in [0, 0.05) is 31.0 Å². The number of nitrogens with two attached hydrogens (primary N) is 1. The lowest BCUT2D eigenvalue weighted by Crippen LogP contribution is -2.51. The molecule has 2 heterocycles. The molecule has 0 saturated carbocycles. The molecule has 1 aliphatic rings. The van der Waals surface area contributed by atoms with Crippen molar-refractivity contribution in [2.45, 2.75) is 38.3 Å². The maximum absolute atomic E-state index is 12.0. The minimum atomic E-state index is -0.0848. The fraction of sp³-hybridized carbons (Fsp3) is 0.615. The first kappa shape index (κ1) is 13.9. The highest BCUT2D eigenvalue weighted by molar-refractivity contribution is 5.90. The second-order valence-electron chi connectivity index (χ2n) is 4.96. The topological polar surface area (TPSA) is 84.1 Å². The van der Waals surface area contributed by atoms with Crippen LogP contribution in [0.3, 0.4) is 0 Å². The van der Waals surface area contributed by atoms with E-state index in [1.54, 1.807) is 18.5 Å². The molecule has 0 aromatic carbocycles. The normalized spacial score (nSPS) is 24.1. The van der Waals surface area contributed by atoms with Crippen LogP contribution in [-0.4, -0.2) is 45.9 Å². The third-order valence-electron chi connectivity index (χ3n) is 3.61. The van der Waals surface area contributed by atoms with E-state index in [2.05, 4.69) is 27.1 Å². The van der Waals surface area contributed by atoms with Crippen molar-refractivity contribution >= 4 is 11.9 Å². The maximum Gasteiger partial charge on any atom is 0.240 e. The van der Waals surface area contributed by atoms with Gasteiger partial charge in [-0.2, -0.15) is 0 Å². The Kier molecular flexibility index (Phi) is 4.81. The molecule has 2 atom stereocenters. The molecule has 0 bridgehead atoms. The number of carbonyl (C=O) groups excluding carboxylic acids is 1. The SMILES string of the molecule is CC1CCCC(CN)N1CC(=O)Nc1ncccn1. The Morgan fingerprint density at radius 3 is 2.89 bits per heavy atom. The smallest absolute Gasteiger partial charge is 0.240 e. The van der Waals surface area contributed by atoms with Gasteiger partial charge in [-0.1, -0.05) is 6.42 Å². The lowest BCUT2D eigenvalue weighted by molar-refractivity contribution is -0.119. The first-order valence-electron chi connectivity index (χ1n) is 6.73. The lowest BCUT2D eigenvalue weighted by atomic mass is 9.96. The van der Waals surface area contributed by atoms with Gasteiger partial charge >= 0.3 is 0 Å².